The van der Waals surface area contributed by atoms with E-state index in [9.17, 15) is 10.1 Å². The Balaban J connectivity index is 2.02. The van der Waals surface area contributed by atoms with Crippen molar-refractivity contribution in [1.82, 2.24) is 0 Å². The Bertz CT molecular complexity index is 853. The highest BCUT2D eigenvalue weighted by Gasteiger charge is 2.24. The zero-order valence-corrected chi connectivity index (χ0v) is 11.1. The van der Waals surface area contributed by atoms with Gasteiger partial charge in [-0.15, -0.1) is 11.8 Å². The average molecular weight is 283 g/mol. The van der Waals surface area contributed by atoms with Gasteiger partial charge in [-0.05, 0) is 12.1 Å². The number of nitro groups is 1. The molecule has 0 aliphatic carbocycles. The van der Waals surface area contributed by atoms with Crippen LogP contribution in [0.5, 0.6) is 0 Å². The second-order valence-electron chi connectivity index (χ2n) is 4.63. The molecule has 0 atom stereocenters. The number of hydrogen-bond donors (Lipinski definition) is 0. The molecule has 0 saturated carbocycles. The minimum Gasteiger partial charge on any atom is -0.456 e. The molecule has 0 spiro atoms. The fraction of sp³-hybridized carbons (Fsp3) is 0.0667. The molecule has 0 bridgehead atoms. The number of furan rings is 1. The molecule has 98 valence electrons. The van der Waals surface area contributed by atoms with Crippen molar-refractivity contribution in [3.63, 3.8) is 0 Å². The van der Waals surface area contributed by atoms with E-state index in [2.05, 4.69) is 6.07 Å². The van der Waals surface area contributed by atoms with Crippen molar-refractivity contribution >= 4 is 28.4 Å². The summed E-state index contributed by atoms with van der Waals surface area (Å²) >= 11 is 1.74. The second kappa shape index (κ2) is 4.11. The lowest BCUT2D eigenvalue weighted by Gasteiger charge is -2.13. The minimum absolute atomic E-state index is 0.102. The molecule has 0 saturated heterocycles. The van der Waals surface area contributed by atoms with Crippen LogP contribution in [0.15, 0.2) is 51.8 Å². The number of non-ortho nitro benzene ring substituents is 1. The van der Waals surface area contributed by atoms with Crippen molar-refractivity contribution in [2.24, 2.45) is 0 Å². The smallest absolute Gasteiger partial charge is 0.270 e. The minimum atomic E-state index is -0.372. The Labute approximate surface area is 118 Å². The lowest BCUT2D eigenvalue weighted by molar-refractivity contribution is -0.384. The monoisotopic (exact) mass is 283 g/mol. The highest BCUT2D eigenvalue weighted by Crippen LogP contribution is 2.46. The number of rotatable bonds is 1. The molecule has 3 aromatic rings. The predicted octanol–water partition coefficient (Wildman–Crippen LogP) is 4.61. The molecule has 4 nitrogen and oxygen atoms in total. The van der Waals surface area contributed by atoms with Gasteiger partial charge in [0.1, 0.15) is 11.3 Å². The van der Waals surface area contributed by atoms with Crippen LogP contribution in [0.4, 0.5) is 5.69 Å². The summed E-state index contributed by atoms with van der Waals surface area (Å²) in [5.74, 6) is 1.62. The fourth-order valence-electron chi connectivity index (χ4n) is 2.54. The van der Waals surface area contributed by atoms with Crippen molar-refractivity contribution in [3.05, 3.63) is 58.1 Å². The van der Waals surface area contributed by atoms with Gasteiger partial charge in [0.2, 0.25) is 0 Å². The lowest BCUT2D eigenvalue weighted by atomic mass is 10.1. The predicted molar refractivity (Wildman–Crippen MR) is 77.9 cm³/mol. The van der Waals surface area contributed by atoms with E-state index in [0.717, 1.165) is 28.0 Å². The third-order valence-electron chi connectivity index (χ3n) is 3.49. The van der Waals surface area contributed by atoms with E-state index >= 15 is 0 Å². The van der Waals surface area contributed by atoms with Crippen LogP contribution in [0.25, 0.3) is 22.3 Å². The summed E-state index contributed by atoms with van der Waals surface area (Å²) in [6.07, 6.45) is 0. The highest BCUT2D eigenvalue weighted by atomic mass is 32.2. The second-order valence-corrected chi connectivity index (χ2v) is 5.65. The van der Waals surface area contributed by atoms with Gasteiger partial charge in [-0.25, -0.2) is 0 Å². The molecule has 2 aromatic carbocycles. The molecule has 0 fully saturated rings. The summed E-state index contributed by atoms with van der Waals surface area (Å²) in [5.41, 5.74) is 2.92. The van der Waals surface area contributed by atoms with Gasteiger partial charge in [0.25, 0.3) is 5.69 Å². The number of benzene rings is 2. The van der Waals surface area contributed by atoms with Gasteiger partial charge in [0.15, 0.2) is 0 Å². The molecule has 0 amide bonds. The summed E-state index contributed by atoms with van der Waals surface area (Å²) in [7, 11) is 0. The van der Waals surface area contributed by atoms with Gasteiger partial charge in [-0.2, -0.15) is 0 Å². The Morgan fingerprint density at radius 3 is 2.90 bits per heavy atom. The Hall–Kier alpha value is -2.27. The Morgan fingerprint density at radius 2 is 2.05 bits per heavy atom. The summed E-state index contributed by atoms with van der Waals surface area (Å²) in [6.45, 7) is 0. The molecule has 4 rings (SSSR count). The van der Waals surface area contributed by atoms with E-state index in [0.29, 0.717) is 5.58 Å². The third-order valence-corrected chi connectivity index (χ3v) is 4.59. The topological polar surface area (TPSA) is 56.3 Å². The van der Waals surface area contributed by atoms with E-state index < -0.39 is 0 Å². The zero-order valence-electron chi connectivity index (χ0n) is 10.3. The maximum Gasteiger partial charge on any atom is 0.270 e. The van der Waals surface area contributed by atoms with Gasteiger partial charge < -0.3 is 4.42 Å². The summed E-state index contributed by atoms with van der Waals surface area (Å²) < 4.78 is 5.92. The van der Waals surface area contributed by atoms with Crippen LogP contribution < -0.4 is 0 Å². The molecule has 0 unspecified atom stereocenters. The summed E-state index contributed by atoms with van der Waals surface area (Å²) in [5, 5.41) is 11.7. The SMILES string of the molecule is O=[N+]([O-])c1ccc2oc3c(c2c1)CSc1ccccc1-3. The summed E-state index contributed by atoms with van der Waals surface area (Å²) in [6, 6.07) is 12.8. The first-order valence-corrected chi connectivity index (χ1v) is 7.14. The third kappa shape index (κ3) is 1.56. The molecule has 1 aliphatic rings. The van der Waals surface area contributed by atoms with E-state index in [-0.39, 0.29) is 10.6 Å². The molecule has 0 radical (unpaired) electrons. The standard InChI is InChI=1S/C15H9NO3S/c17-16(18)9-5-6-13-11(7-9)12-8-20-14-4-2-1-3-10(14)15(12)19-13/h1-7H,8H2. The number of nitro benzene ring substituents is 1. The van der Waals surface area contributed by atoms with Gasteiger partial charge in [-0.1, -0.05) is 18.2 Å². The largest absolute Gasteiger partial charge is 0.456 e. The van der Waals surface area contributed by atoms with Crippen LogP contribution in [0.1, 0.15) is 5.56 Å². The number of thioether (sulfide) groups is 1. The van der Waals surface area contributed by atoms with E-state index in [1.54, 1.807) is 23.9 Å². The van der Waals surface area contributed by atoms with E-state index in [1.807, 2.05) is 18.2 Å². The van der Waals surface area contributed by atoms with E-state index in [1.165, 1.54) is 11.0 Å². The number of hydrogen-bond acceptors (Lipinski definition) is 4. The van der Waals surface area contributed by atoms with Crippen molar-refractivity contribution in [1.29, 1.82) is 0 Å². The highest BCUT2D eigenvalue weighted by molar-refractivity contribution is 7.98. The van der Waals surface area contributed by atoms with Crippen LogP contribution in [0, 0.1) is 10.1 Å². The van der Waals surface area contributed by atoms with Gasteiger partial charge in [-0.3, -0.25) is 10.1 Å². The molecule has 1 aliphatic heterocycles. The molecule has 0 N–H and O–H groups in total. The maximum atomic E-state index is 10.9. The van der Waals surface area contributed by atoms with E-state index in [4.69, 9.17) is 4.42 Å². The number of nitrogens with zero attached hydrogens (tertiary/aromatic N) is 1. The average Bonchev–Trinajstić information content (AvgIpc) is 2.85. The van der Waals surface area contributed by atoms with Crippen molar-refractivity contribution < 1.29 is 9.34 Å². The van der Waals surface area contributed by atoms with Gasteiger partial charge >= 0.3 is 0 Å². The zero-order chi connectivity index (χ0) is 13.7. The van der Waals surface area contributed by atoms with Crippen LogP contribution in [-0.4, -0.2) is 4.92 Å². The molecular formula is C15H9NO3S. The molecular weight excluding hydrogens is 274 g/mol. The summed E-state index contributed by atoms with van der Waals surface area (Å²) in [4.78, 5) is 11.7. The fourth-order valence-corrected chi connectivity index (χ4v) is 3.62. The van der Waals surface area contributed by atoms with Crippen LogP contribution in [-0.2, 0) is 5.75 Å². The lowest BCUT2D eigenvalue weighted by Crippen LogP contribution is -1.92. The van der Waals surface area contributed by atoms with Crippen molar-refractivity contribution in [3.8, 4) is 11.3 Å². The first-order chi connectivity index (χ1) is 9.74. The molecule has 20 heavy (non-hydrogen) atoms. The normalized spacial score (nSPS) is 13.0. The molecule has 5 heteroatoms. The molecule has 2 heterocycles. The van der Waals surface area contributed by atoms with Crippen LogP contribution in [0.2, 0.25) is 0 Å². The van der Waals surface area contributed by atoms with Gasteiger partial charge in [0, 0.05) is 39.3 Å². The Kier molecular flexibility index (Phi) is 2.37. The van der Waals surface area contributed by atoms with Crippen molar-refractivity contribution in [2.45, 2.75) is 10.6 Å². The Morgan fingerprint density at radius 1 is 1.20 bits per heavy atom. The van der Waals surface area contributed by atoms with Crippen LogP contribution in [0.3, 0.4) is 0 Å². The molecule has 1 aromatic heterocycles. The first-order valence-electron chi connectivity index (χ1n) is 6.16. The number of fused-ring (bicyclic) bond motifs is 5. The van der Waals surface area contributed by atoms with Crippen LogP contribution >= 0.6 is 11.8 Å². The van der Waals surface area contributed by atoms with Crippen molar-refractivity contribution in [2.75, 3.05) is 0 Å². The first kappa shape index (κ1) is 11.5. The van der Waals surface area contributed by atoms with Gasteiger partial charge in [0.05, 0.1) is 4.92 Å². The quantitative estimate of drug-likeness (QED) is 0.483. The maximum absolute atomic E-state index is 10.9.